The minimum absolute atomic E-state index is 0.0624. The number of aliphatic carboxylic acids is 2. The minimum Gasteiger partial charge on any atom is -0.508 e. The lowest BCUT2D eigenvalue weighted by Gasteiger charge is -2.31. The molecule has 39 heteroatoms. The van der Waals surface area contributed by atoms with Crippen LogP contribution in [0.4, 0.5) is 0 Å². The van der Waals surface area contributed by atoms with Crippen LogP contribution in [-0.2, 0) is 118 Å². The highest BCUT2D eigenvalue weighted by Crippen LogP contribution is 2.23. The van der Waals surface area contributed by atoms with Crippen molar-refractivity contribution in [1.82, 2.24) is 74.0 Å². The average molecular weight is 1680 g/mol. The topological polar surface area (TPSA) is 601 Å². The molecule has 14 atom stereocenters. The molecule has 14 amide bonds. The average Bonchev–Trinajstić information content (AvgIpc) is 1.73. The number of nitrogens with zero attached hydrogens (tertiary/aromatic N) is 1. The first kappa shape index (κ1) is 94.7. The number of benzene rings is 5. The number of esters is 1. The van der Waals surface area contributed by atoms with Crippen LogP contribution >= 0.6 is 0 Å². The van der Waals surface area contributed by atoms with E-state index in [4.69, 9.17) is 4.74 Å². The number of hydrogen-bond donors (Lipinski definition) is 20. The predicted molar refractivity (Wildman–Crippen MR) is 426 cm³/mol. The molecule has 0 spiro atoms. The highest BCUT2D eigenvalue weighted by atomic mass is 16.5. The zero-order chi connectivity index (χ0) is 88.4. The van der Waals surface area contributed by atoms with E-state index in [-0.39, 0.29) is 68.7 Å². The summed E-state index contributed by atoms with van der Waals surface area (Å²) in [6.45, 7) is -0.584. The summed E-state index contributed by atoms with van der Waals surface area (Å²) in [5, 5.41) is 105. The van der Waals surface area contributed by atoms with Crippen molar-refractivity contribution in [3.63, 3.8) is 0 Å². The van der Waals surface area contributed by atoms with E-state index in [0.29, 0.717) is 22.3 Å². The summed E-state index contributed by atoms with van der Waals surface area (Å²) in [5.74, 6) is -20.4. The summed E-state index contributed by atoms with van der Waals surface area (Å²) in [4.78, 5) is 241. The van der Waals surface area contributed by atoms with Gasteiger partial charge in [-0.05, 0) is 97.5 Å². The van der Waals surface area contributed by atoms with Crippen LogP contribution in [0.15, 0.2) is 140 Å². The van der Waals surface area contributed by atoms with Crippen molar-refractivity contribution in [3.05, 3.63) is 167 Å². The summed E-state index contributed by atoms with van der Waals surface area (Å²) in [6, 6.07) is 11.4. The van der Waals surface area contributed by atoms with Crippen molar-refractivity contribution in [2.24, 2.45) is 0 Å². The molecule has 5 aromatic carbocycles. The van der Waals surface area contributed by atoms with Gasteiger partial charge in [0.2, 0.25) is 82.7 Å². The molecule has 0 saturated carbocycles. The highest BCUT2D eigenvalue weighted by Gasteiger charge is 2.43. The number of carboxylic acid groups (broad SMARTS) is 2. The van der Waals surface area contributed by atoms with Gasteiger partial charge in [0.05, 0.1) is 39.3 Å². The Bertz CT molecular complexity index is 4450. The van der Waals surface area contributed by atoms with E-state index < -0.39 is 250 Å². The minimum atomic E-state index is -2.12. The Hall–Kier alpha value is -13.4. The fourth-order valence-corrected chi connectivity index (χ4v) is 13.3. The number of carboxylic acids is 2. The lowest BCUT2D eigenvalue weighted by Crippen LogP contribution is -2.62. The Morgan fingerprint density at radius 3 is 1.55 bits per heavy atom. The molecule has 2 aliphatic rings. The van der Waals surface area contributed by atoms with Crippen LogP contribution in [0.25, 0.3) is 0 Å². The number of aliphatic hydroxyl groups is 3. The van der Waals surface area contributed by atoms with Gasteiger partial charge < -0.3 is 115 Å². The van der Waals surface area contributed by atoms with Crippen molar-refractivity contribution in [2.45, 2.75) is 188 Å². The third-order valence-electron chi connectivity index (χ3n) is 19.7. The summed E-state index contributed by atoms with van der Waals surface area (Å²) in [7, 11) is 1.02. The predicted octanol–water partition coefficient (Wildman–Crippen LogP) is -3.99. The van der Waals surface area contributed by atoms with Crippen LogP contribution in [0.5, 0.6) is 11.5 Å². The van der Waals surface area contributed by atoms with Gasteiger partial charge in [-0.25, -0.2) is 4.79 Å². The molecule has 0 aliphatic carbocycles. The SMILES string of the molecule is COC(=O)CC[C@@H]1NC(=O)[C@H](Cc2ccccc2)NC(=O)[C@H](CC(=O)O)NC(=O)[C@H](CO)NC(=O)[C@@H]2CCCN2C(=O)[C@H](Cc2ccc(O)cc2)NC(=O)[C@@H](NC(=O)[C@H](Cc2ccc(O)cc2)NC(=O)[C@@H](NC(=O)[C@H](CO)NC(=O)[C@H](Cc2ccccc2)NC(C)=O)[C@@H](C)O)CCCCNC(=O)C[C@@H](C(=O)N[C@@H](Cc2ccccc2)C(=O)O)NC1=O. The van der Waals surface area contributed by atoms with Gasteiger partial charge in [-0.1, -0.05) is 115 Å². The highest BCUT2D eigenvalue weighted by molar-refractivity contribution is 6.01. The number of carbonyl (C=O) groups excluding carboxylic acids is 15. The first-order valence-electron chi connectivity index (χ1n) is 39.0. The number of carbonyl (C=O) groups is 17. The van der Waals surface area contributed by atoms with Crippen molar-refractivity contribution in [3.8, 4) is 11.5 Å². The molecule has 20 N–H and O–H groups in total. The van der Waals surface area contributed by atoms with E-state index in [1.165, 1.54) is 60.7 Å². The van der Waals surface area contributed by atoms with Crippen LogP contribution in [0.2, 0.25) is 0 Å². The zero-order valence-corrected chi connectivity index (χ0v) is 66.5. The number of ether oxygens (including phenoxy) is 1. The normalized spacial score (nSPS) is 20.9. The Labute approximate surface area is 694 Å². The maximum absolute atomic E-state index is 15.4. The summed E-state index contributed by atoms with van der Waals surface area (Å²) in [5.41, 5.74) is 1.94. The van der Waals surface area contributed by atoms with Crippen molar-refractivity contribution in [1.29, 1.82) is 0 Å². The third-order valence-corrected chi connectivity index (χ3v) is 19.7. The number of fused-ring (bicyclic) bond motifs is 1. The molecule has 0 unspecified atom stereocenters. The van der Waals surface area contributed by atoms with E-state index >= 15 is 14.4 Å². The Morgan fingerprint density at radius 2 is 0.992 bits per heavy atom. The molecule has 650 valence electrons. The second kappa shape index (κ2) is 47.2. The molecular weight excluding hydrogens is 1580 g/mol. The quantitative estimate of drug-likeness (QED) is 0.0195. The van der Waals surface area contributed by atoms with E-state index in [2.05, 4.69) is 69.1 Å². The number of aromatic hydroxyl groups is 2. The second-order valence-corrected chi connectivity index (χ2v) is 29.1. The molecule has 2 heterocycles. The molecule has 121 heavy (non-hydrogen) atoms. The maximum atomic E-state index is 15.4. The smallest absolute Gasteiger partial charge is 0.326 e. The van der Waals surface area contributed by atoms with Gasteiger partial charge in [-0.3, -0.25) is 76.7 Å². The standard InChI is InChI=1S/C82H102N14O25/c1-45(99)69(95-78(115)64(44-98)93-72(109)56(84-46(2)100)36-47-16-7-4-8-17-47)80(117)90-58(38-50-24-28-52(101)29-25-50)74(111)85-54-22-13-14-34-83-66(103)41-59(75(112)92-62(82(119)120)40-49-20-11-6-12-21-49)88-71(108)55(32-33-68(106)121-3)86-73(110)57(37-48-18-9-5-10-19-48)87-76(113)60(42-67(104)105)89-77(114)63(43-97)94-79(116)65-23-15-35-96(65)81(118)61(91-70(54)107)39-51-26-30-53(102)31-27-51/h4-12,16-21,24-31,45,54-65,69,97-99,101-102H,13-15,22-23,32-44H2,1-3H3,(H,83,103)(H,84,100)(H,85,111)(H,86,110)(H,87,113)(H,88,108)(H,89,114)(H,90,117)(H,91,107)(H,92,112)(H,93,109)(H,94,116)(H,95,115)(H,104,105)(H,119,120)/t45-,54+,55+,56+,57+,58+,59+,60+,61+,62+,63+,64+,65+,69+/m1/s1. The van der Waals surface area contributed by atoms with Gasteiger partial charge in [0, 0.05) is 58.5 Å². The van der Waals surface area contributed by atoms with Crippen molar-refractivity contribution < 1.29 is 122 Å². The second-order valence-electron chi connectivity index (χ2n) is 29.1. The fraction of sp³-hybridized carbons (Fsp3) is 0.427. The van der Waals surface area contributed by atoms with E-state index in [9.17, 15) is 103 Å². The number of aliphatic hydroxyl groups excluding tert-OH is 3. The number of methoxy groups -OCH3 is 1. The number of amides is 14. The maximum Gasteiger partial charge on any atom is 0.326 e. The molecule has 0 radical (unpaired) electrons. The van der Waals surface area contributed by atoms with E-state index in [1.807, 2.05) is 0 Å². The van der Waals surface area contributed by atoms with Gasteiger partial charge in [0.1, 0.15) is 90.0 Å². The Morgan fingerprint density at radius 1 is 0.504 bits per heavy atom. The summed E-state index contributed by atoms with van der Waals surface area (Å²) in [6.07, 6.45) is -7.58. The number of phenolic OH excluding ortho intramolecular Hbond substituents is 2. The third kappa shape index (κ3) is 30.5. The largest absolute Gasteiger partial charge is 0.508 e. The molecule has 0 bridgehead atoms. The number of hydrogen-bond acceptors (Lipinski definition) is 23. The summed E-state index contributed by atoms with van der Waals surface area (Å²) >= 11 is 0. The monoisotopic (exact) mass is 1680 g/mol. The van der Waals surface area contributed by atoms with E-state index in [0.717, 1.165) is 25.9 Å². The lowest BCUT2D eigenvalue weighted by molar-refractivity contribution is -0.143. The zero-order valence-electron chi connectivity index (χ0n) is 66.5. The van der Waals surface area contributed by atoms with Crippen LogP contribution in [0.3, 0.4) is 0 Å². The summed E-state index contributed by atoms with van der Waals surface area (Å²) < 4.78 is 4.81. The molecule has 5 aromatic rings. The molecule has 39 nitrogen and oxygen atoms in total. The van der Waals surface area contributed by atoms with Gasteiger partial charge in [0.15, 0.2) is 0 Å². The molecule has 0 aromatic heterocycles. The molecule has 2 fully saturated rings. The number of phenols is 2. The van der Waals surface area contributed by atoms with Gasteiger partial charge >= 0.3 is 17.9 Å². The molecule has 7 rings (SSSR count). The fourth-order valence-electron chi connectivity index (χ4n) is 13.3. The van der Waals surface area contributed by atoms with Crippen LogP contribution in [0.1, 0.15) is 99.5 Å². The lowest BCUT2D eigenvalue weighted by atomic mass is 10.0. The van der Waals surface area contributed by atoms with E-state index in [1.54, 1.807) is 78.9 Å². The van der Waals surface area contributed by atoms with Crippen molar-refractivity contribution >= 4 is 101 Å². The first-order chi connectivity index (χ1) is 57.7. The first-order valence-corrected chi connectivity index (χ1v) is 39.0. The van der Waals surface area contributed by atoms with Crippen LogP contribution in [0, 0.1) is 0 Å². The van der Waals surface area contributed by atoms with Crippen LogP contribution < -0.4 is 69.1 Å². The van der Waals surface area contributed by atoms with Gasteiger partial charge in [0.25, 0.3) is 0 Å². The molecule has 2 saturated heterocycles. The molecular formula is C82H102N14O25. The Kier molecular flexibility index (Phi) is 37.0. The number of rotatable bonds is 30. The van der Waals surface area contributed by atoms with Gasteiger partial charge in [-0.2, -0.15) is 0 Å². The number of nitrogens with one attached hydrogen (secondary N) is 13. The Balaban J connectivity index is 1.27. The van der Waals surface area contributed by atoms with Crippen molar-refractivity contribution in [2.75, 3.05) is 33.4 Å². The molecule has 2 aliphatic heterocycles. The van der Waals surface area contributed by atoms with Gasteiger partial charge in [-0.15, -0.1) is 0 Å². The van der Waals surface area contributed by atoms with Crippen LogP contribution in [-0.4, -0.2) is 259 Å².